The molecular weight excluding hydrogens is 398 g/mol. The van der Waals surface area contributed by atoms with Crippen molar-refractivity contribution in [3.05, 3.63) is 90.3 Å². The summed E-state index contributed by atoms with van der Waals surface area (Å²) in [7, 11) is 0. The molecule has 1 aliphatic rings. The van der Waals surface area contributed by atoms with Crippen LogP contribution in [0.3, 0.4) is 0 Å². The molecule has 1 N–H and O–H groups in total. The number of nitrogens with zero attached hydrogens (tertiary/aromatic N) is 2. The van der Waals surface area contributed by atoms with E-state index in [4.69, 9.17) is 0 Å². The second-order valence-corrected chi connectivity index (χ2v) is 8.43. The van der Waals surface area contributed by atoms with Crippen molar-refractivity contribution in [1.29, 1.82) is 0 Å². The SMILES string of the molecule is CCNC(=O)[C@@]1(Cc2cccc(-c3ccccc3)c2)CCCN(C(=O)c2ccccn2)C1. The monoisotopic (exact) mass is 427 g/mol. The molecule has 5 heteroatoms. The molecule has 32 heavy (non-hydrogen) atoms. The van der Waals surface area contributed by atoms with Crippen LogP contribution in [0.4, 0.5) is 0 Å². The van der Waals surface area contributed by atoms with E-state index in [2.05, 4.69) is 40.6 Å². The highest BCUT2D eigenvalue weighted by molar-refractivity contribution is 5.93. The van der Waals surface area contributed by atoms with Gasteiger partial charge >= 0.3 is 0 Å². The van der Waals surface area contributed by atoms with Gasteiger partial charge in [-0.05, 0) is 55.0 Å². The van der Waals surface area contributed by atoms with E-state index in [9.17, 15) is 9.59 Å². The van der Waals surface area contributed by atoms with Gasteiger partial charge in [0.2, 0.25) is 5.91 Å². The number of carbonyl (C=O) groups is 2. The van der Waals surface area contributed by atoms with E-state index in [1.54, 1.807) is 23.2 Å². The summed E-state index contributed by atoms with van der Waals surface area (Å²) in [6, 6.07) is 24.0. The van der Waals surface area contributed by atoms with Crippen LogP contribution < -0.4 is 5.32 Å². The molecule has 1 saturated heterocycles. The molecular formula is C27H29N3O2. The Balaban J connectivity index is 1.62. The van der Waals surface area contributed by atoms with E-state index in [0.29, 0.717) is 31.7 Å². The Morgan fingerprint density at radius 3 is 2.53 bits per heavy atom. The first-order valence-corrected chi connectivity index (χ1v) is 11.2. The molecule has 2 heterocycles. The van der Waals surface area contributed by atoms with Crippen LogP contribution in [0.15, 0.2) is 79.0 Å². The summed E-state index contributed by atoms with van der Waals surface area (Å²) in [6.07, 6.45) is 3.75. The predicted octanol–water partition coefficient (Wildman–Crippen LogP) is 4.35. The Bertz CT molecular complexity index is 1070. The molecule has 0 radical (unpaired) electrons. The first-order valence-electron chi connectivity index (χ1n) is 11.2. The molecule has 164 valence electrons. The fraction of sp³-hybridized carbons (Fsp3) is 0.296. The minimum absolute atomic E-state index is 0.0173. The van der Waals surface area contributed by atoms with E-state index in [1.807, 2.05) is 37.3 Å². The third kappa shape index (κ3) is 4.72. The maximum atomic E-state index is 13.3. The number of piperidine rings is 1. The maximum Gasteiger partial charge on any atom is 0.272 e. The molecule has 3 aromatic rings. The molecule has 4 rings (SSSR count). The van der Waals surface area contributed by atoms with Gasteiger partial charge in [-0.2, -0.15) is 0 Å². The van der Waals surface area contributed by atoms with Gasteiger partial charge in [-0.1, -0.05) is 60.7 Å². The predicted molar refractivity (Wildman–Crippen MR) is 126 cm³/mol. The van der Waals surface area contributed by atoms with Gasteiger partial charge in [0.05, 0.1) is 5.41 Å². The molecule has 1 aromatic heterocycles. The number of amides is 2. The van der Waals surface area contributed by atoms with Crippen LogP contribution in [0.1, 0.15) is 35.8 Å². The Labute approximate surface area is 189 Å². The second kappa shape index (κ2) is 9.77. The molecule has 0 aliphatic carbocycles. The normalized spacial score (nSPS) is 18.2. The van der Waals surface area contributed by atoms with Crippen molar-refractivity contribution >= 4 is 11.8 Å². The minimum Gasteiger partial charge on any atom is -0.356 e. The molecule has 1 fully saturated rings. The van der Waals surface area contributed by atoms with E-state index >= 15 is 0 Å². The molecule has 1 atom stereocenters. The Morgan fingerprint density at radius 1 is 1.00 bits per heavy atom. The average molecular weight is 428 g/mol. The lowest BCUT2D eigenvalue weighted by molar-refractivity contribution is -0.133. The summed E-state index contributed by atoms with van der Waals surface area (Å²) in [6.45, 7) is 3.53. The van der Waals surface area contributed by atoms with E-state index in [1.165, 1.54) is 0 Å². The van der Waals surface area contributed by atoms with Crippen LogP contribution >= 0.6 is 0 Å². The zero-order valence-corrected chi connectivity index (χ0v) is 18.5. The fourth-order valence-corrected chi connectivity index (χ4v) is 4.60. The largest absolute Gasteiger partial charge is 0.356 e. The van der Waals surface area contributed by atoms with Crippen molar-refractivity contribution in [3.63, 3.8) is 0 Å². The molecule has 0 spiro atoms. The zero-order chi connectivity index (χ0) is 22.4. The summed E-state index contributed by atoms with van der Waals surface area (Å²) in [5, 5.41) is 3.03. The summed E-state index contributed by atoms with van der Waals surface area (Å²) < 4.78 is 0. The van der Waals surface area contributed by atoms with Crippen molar-refractivity contribution in [3.8, 4) is 11.1 Å². The maximum absolute atomic E-state index is 13.3. The van der Waals surface area contributed by atoms with Gasteiger partial charge in [-0.15, -0.1) is 0 Å². The van der Waals surface area contributed by atoms with E-state index in [0.717, 1.165) is 29.5 Å². The first kappa shape index (κ1) is 21.8. The molecule has 2 aromatic carbocycles. The van der Waals surface area contributed by atoms with Crippen molar-refractivity contribution in [2.75, 3.05) is 19.6 Å². The molecule has 2 amide bonds. The topological polar surface area (TPSA) is 62.3 Å². The zero-order valence-electron chi connectivity index (χ0n) is 18.5. The fourth-order valence-electron chi connectivity index (χ4n) is 4.60. The third-order valence-electron chi connectivity index (χ3n) is 6.14. The van der Waals surface area contributed by atoms with Crippen molar-refractivity contribution in [2.24, 2.45) is 5.41 Å². The van der Waals surface area contributed by atoms with Gasteiger partial charge < -0.3 is 10.2 Å². The van der Waals surface area contributed by atoms with Gasteiger partial charge in [0.1, 0.15) is 5.69 Å². The molecule has 1 aliphatic heterocycles. The van der Waals surface area contributed by atoms with Crippen LogP contribution in [0, 0.1) is 5.41 Å². The van der Waals surface area contributed by atoms with Crippen LogP contribution in [-0.2, 0) is 11.2 Å². The molecule has 5 nitrogen and oxygen atoms in total. The number of pyridine rings is 1. The van der Waals surface area contributed by atoms with Crippen LogP contribution in [0.25, 0.3) is 11.1 Å². The van der Waals surface area contributed by atoms with Crippen molar-refractivity contribution in [1.82, 2.24) is 15.2 Å². The number of benzene rings is 2. The summed E-state index contributed by atoms with van der Waals surface area (Å²) in [4.78, 5) is 32.4. The number of aromatic nitrogens is 1. The Kier molecular flexibility index (Phi) is 6.64. The van der Waals surface area contributed by atoms with Crippen LogP contribution in [-0.4, -0.2) is 41.3 Å². The minimum atomic E-state index is -0.659. The Morgan fingerprint density at radius 2 is 1.78 bits per heavy atom. The number of likely N-dealkylation sites (tertiary alicyclic amines) is 1. The second-order valence-electron chi connectivity index (χ2n) is 8.43. The number of rotatable bonds is 6. The van der Waals surface area contributed by atoms with Gasteiger partial charge in [0.25, 0.3) is 5.91 Å². The van der Waals surface area contributed by atoms with Crippen molar-refractivity contribution < 1.29 is 9.59 Å². The quantitative estimate of drug-likeness (QED) is 0.636. The lowest BCUT2D eigenvalue weighted by atomic mass is 9.74. The van der Waals surface area contributed by atoms with Crippen molar-refractivity contribution in [2.45, 2.75) is 26.2 Å². The molecule has 0 saturated carbocycles. The highest BCUT2D eigenvalue weighted by Crippen LogP contribution is 2.35. The van der Waals surface area contributed by atoms with Crippen LogP contribution in [0.2, 0.25) is 0 Å². The summed E-state index contributed by atoms with van der Waals surface area (Å²) >= 11 is 0. The smallest absolute Gasteiger partial charge is 0.272 e. The van der Waals surface area contributed by atoms with E-state index < -0.39 is 5.41 Å². The number of nitrogens with one attached hydrogen (secondary N) is 1. The summed E-state index contributed by atoms with van der Waals surface area (Å²) in [5.74, 6) is -0.0966. The molecule has 0 bridgehead atoms. The molecule has 0 unspecified atom stereocenters. The highest BCUT2D eigenvalue weighted by Gasteiger charge is 2.43. The number of carbonyl (C=O) groups excluding carboxylic acids is 2. The van der Waals surface area contributed by atoms with Gasteiger partial charge in [-0.25, -0.2) is 0 Å². The first-order chi connectivity index (χ1) is 15.6. The Hall–Kier alpha value is -3.47. The van der Waals surface area contributed by atoms with Gasteiger partial charge in [0.15, 0.2) is 0 Å². The number of hydrogen-bond acceptors (Lipinski definition) is 3. The average Bonchev–Trinajstić information content (AvgIpc) is 2.85. The van der Waals surface area contributed by atoms with Gasteiger partial charge in [0, 0.05) is 25.8 Å². The summed E-state index contributed by atoms with van der Waals surface area (Å²) in [5.41, 5.74) is 3.15. The van der Waals surface area contributed by atoms with Gasteiger partial charge in [-0.3, -0.25) is 14.6 Å². The standard InChI is InChI=1S/C27H29N3O2/c1-2-28-26(32)27(15-9-17-30(20-27)25(31)24-14-6-7-16-29-24)19-21-10-8-13-23(18-21)22-11-4-3-5-12-22/h3-8,10-14,16,18H,2,9,15,17,19-20H2,1H3,(H,28,32)/t27-/m1/s1. The lowest BCUT2D eigenvalue weighted by Gasteiger charge is -2.41. The number of hydrogen-bond donors (Lipinski definition) is 1. The highest BCUT2D eigenvalue weighted by atomic mass is 16.2. The van der Waals surface area contributed by atoms with E-state index in [-0.39, 0.29) is 11.8 Å². The lowest BCUT2D eigenvalue weighted by Crippen LogP contribution is -2.54. The third-order valence-corrected chi connectivity index (χ3v) is 6.14. The van der Waals surface area contributed by atoms with Crippen LogP contribution in [0.5, 0.6) is 0 Å².